The van der Waals surface area contributed by atoms with E-state index in [9.17, 15) is 4.79 Å². The highest BCUT2D eigenvalue weighted by Gasteiger charge is 2.36. The van der Waals surface area contributed by atoms with Gasteiger partial charge in [-0.1, -0.05) is 61.0 Å². The van der Waals surface area contributed by atoms with Crippen LogP contribution in [-0.2, 0) is 9.53 Å². The summed E-state index contributed by atoms with van der Waals surface area (Å²) >= 11 is 6.06. The maximum atomic E-state index is 12.5. The topological polar surface area (TPSA) is 29.5 Å². The summed E-state index contributed by atoms with van der Waals surface area (Å²) in [7, 11) is 0. The van der Waals surface area contributed by atoms with Crippen LogP contribution in [0.4, 0.5) is 0 Å². The fraction of sp³-hybridized carbons (Fsp3) is 0.381. The predicted molar refractivity (Wildman–Crippen MR) is 101 cm³/mol. The van der Waals surface area contributed by atoms with E-state index in [1.807, 2.05) is 47.4 Å². The maximum absolute atomic E-state index is 12.5. The van der Waals surface area contributed by atoms with Crippen LogP contribution in [0, 0.1) is 0 Å². The van der Waals surface area contributed by atoms with Gasteiger partial charge in [-0.05, 0) is 36.1 Å². The van der Waals surface area contributed by atoms with E-state index in [4.69, 9.17) is 16.3 Å². The molecule has 0 N–H and O–H groups in total. The van der Waals surface area contributed by atoms with E-state index in [0.29, 0.717) is 18.1 Å². The molecule has 2 atom stereocenters. The number of likely N-dealkylation sites (tertiary alicyclic amines) is 1. The zero-order chi connectivity index (χ0) is 17.6. The summed E-state index contributed by atoms with van der Waals surface area (Å²) in [5, 5.41) is 0.700. The van der Waals surface area contributed by atoms with Gasteiger partial charge in [0.1, 0.15) is 6.10 Å². The van der Waals surface area contributed by atoms with Crippen molar-refractivity contribution in [3.63, 3.8) is 0 Å². The first-order valence-corrected chi connectivity index (χ1v) is 9.30. The van der Waals surface area contributed by atoms with Crippen molar-refractivity contribution in [3.05, 3.63) is 70.7 Å². The molecule has 0 aromatic heterocycles. The molecule has 1 heterocycles. The number of carbonyl (C=O) groups is 1. The molecule has 0 bridgehead atoms. The molecule has 2 unspecified atom stereocenters. The summed E-state index contributed by atoms with van der Waals surface area (Å²) in [4.78, 5) is 14.5. The van der Waals surface area contributed by atoms with Gasteiger partial charge in [-0.15, -0.1) is 0 Å². The van der Waals surface area contributed by atoms with Gasteiger partial charge in [-0.3, -0.25) is 4.79 Å². The van der Waals surface area contributed by atoms with Crippen molar-refractivity contribution in [2.75, 3.05) is 13.2 Å². The van der Waals surface area contributed by atoms with E-state index < -0.39 is 0 Å². The summed E-state index contributed by atoms with van der Waals surface area (Å²) in [5.74, 6) is 0.202. The minimum atomic E-state index is -0.207. The maximum Gasteiger partial charge on any atom is 0.223 e. The van der Waals surface area contributed by atoms with Gasteiger partial charge >= 0.3 is 0 Å². The molecular formula is C21H24ClNO2. The number of hydrogen-bond donors (Lipinski definition) is 0. The summed E-state index contributed by atoms with van der Waals surface area (Å²) in [6.07, 6.45) is 2.24. The van der Waals surface area contributed by atoms with Crippen LogP contribution in [0.25, 0.3) is 0 Å². The van der Waals surface area contributed by atoms with Crippen molar-refractivity contribution >= 4 is 17.5 Å². The third-order valence-corrected chi connectivity index (χ3v) is 4.83. The lowest BCUT2D eigenvalue weighted by Gasteiger charge is -2.35. The lowest BCUT2D eigenvalue weighted by Crippen LogP contribution is -2.35. The van der Waals surface area contributed by atoms with Crippen LogP contribution in [0.15, 0.2) is 54.6 Å². The van der Waals surface area contributed by atoms with Crippen LogP contribution in [0.1, 0.15) is 49.5 Å². The van der Waals surface area contributed by atoms with Crippen LogP contribution in [0.5, 0.6) is 0 Å². The molecule has 1 amide bonds. The molecule has 0 radical (unpaired) electrons. The average molecular weight is 358 g/mol. The Labute approximate surface area is 154 Å². The molecule has 2 aromatic rings. The number of nitrogens with zero attached hydrogens (tertiary/aromatic N) is 1. The van der Waals surface area contributed by atoms with Crippen LogP contribution in [0.3, 0.4) is 0 Å². The Morgan fingerprint density at radius 3 is 2.40 bits per heavy atom. The van der Waals surface area contributed by atoms with Crippen molar-refractivity contribution in [3.8, 4) is 0 Å². The second-order valence-corrected chi connectivity index (χ2v) is 6.83. The van der Waals surface area contributed by atoms with Gasteiger partial charge in [0, 0.05) is 24.6 Å². The molecule has 1 saturated heterocycles. The molecule has 4 heteroatoms. The average Bonchev–Trinajstić information content (AvgIpc) is 3.06. The highest BCUT2D eigenvalue weighted by Crippen LogP contribution is 2.39. The first-order chi connectivity index (χ1) is 12.2. The quantitative estimate of drug-likeness (QED) is 0.684. The Morgan fingerprint density at radius 1 is 1.08 bits per heavy atom. The number of carbonyl (C=O) groups excluding carboxylic acids is 1. The third kappa shape index (κ3) is 4.23. The standard InChI is InChI=1S/C21H24ClNO2/c1-2-15-25-21(17-10-12-18(22)13-11-17)20(16-7-4-3-5-8-16)23-14-6-9-19(23)24/h3-5,7-8,10-13,20-21H,2,6,9,14-15H2,1H3. The largest absolute Gasteiger partial charge is 0.371 e. The first kappa shape index (κ1) is 18.0. The van der Waals surface area contributed by atoms with Crippen molar-refractivity contribution in [1.29, 1.82) is 0 Å². The van der Waals surface area contributed by atoms with Crippen molar-refractivity contribution < 1.29 is 9.53 Å². The molecule has 132 valence electrons. The first-order valence-electron chi connectivity index (χ1n) is 8.92. The highest BCUT2D eigenvalue weighted by molar-refractivity contribution is 6.30. The summed E-state index contributed by atoms with van der Waals surface area (Å²) in [6, 6.07) is 17.8. The number of halogens is 1. The van der Waals surface area contributed by atoms with Gasteiger partial charge in [0.05, 0.1) is 6.04 Å². The lowest BCUT2D eigenvalue weighted by molar-refractivity contribution is -0.133. The van der Waals surface area contributed by atoms with E-state index in [2.05, 4.69) is 19.1 Å². The Hall–Kier alpha value is -1.84. The van der Waals surface area contributed by atoms with Crippen LogP contribution in [-0.4, -0.2) is 24.0 Å². The summed E-state index contributed by atoms with van der Waals surface area (Å²) < 4.78 is 6.26. The highest BCUT2D eigenvalue weighted by atomic mass is 35.5. The number of ether oxygens (including phenoxy) is 1. The predicted octanol–water partition coefficient (Wildman–Crippen LogP) is 5.17. The Bertz CT molecular complexity index is 687. The van der Waals surface area contributed by atoms with Gasteiger partial charge in [-0.25, -0.2) is 0 Å². The smallest absolute Gasteiger partial charge is 0.223 e. The number of hydrogen-bond acceptors (Lipinski definition) is 2. The lowest BCUT2D eigenvalue weighted by atomic mass is 9.94. The van der Waals surface area contributed by atoms with Gasteiger partial charge in [0.15, 0.2) is 0 Å². The zero-order valence-electron chi connectivity index (χ0n) is 14.5. The molecule has 1 fully saturated rings. The van der Waals surface area contributed by atoms with E-state index in [1.165, 1.54) is 0 Å². The van der Waals surface area contributed by atoms with E-state index >= 15 is 0 Å². The summed E-state index contributed by atoms with van der Waals surface area (Å²) in [5.41, 5.74) is 2.15. The number of amides is 1. The van der Waals surface area contributed by atoms with Crippen LogP contribution in [0.2, 0.25) is 5.02 Å². The molecule has 0 aliphatic carbocycles. The number of rotatable bonds is 7. The Kier molecular flexibility index (Phi) is 6.11. The normalized spacial score (nSPS) is 16.9. The molecular weight excluding hydrogens is 334 g/mol. The fourth-order valence-electron chi connectivity index (χ4n) is 3.40. The van der Waals surface area contributed by atoms with Crippen molar-refractivity contribution in [1.82, 2.24) is 4.90 Å². The van der Waals surface area contributed by atoms with Crippen molar-refractivity contribution in [2.24, 2.45) is 0 Å². The Morgan fingerprint density at radius 2 is 1.80 bits per heavy atom. The molecule has 0 saturated carbocycles. The minimum Gasteiger partial charge on any atom is -0.371 e. The van der Waals surface area contributed by atoms with E-state index in [1.54, 1.807) is 0 Å². The second kappa shape index (κ2) is 8.50. The van der Waals surface area contributed by atoms with Crippen LogP contribution >= 0.6 is 11.6 Å². The molecule has 0 spiro atoms. The third-order valence-electron chi connectivity index (χ3n) is 4.57. The van der Waals surface area contributed by atoms with E-state index in [0.717, 1.165) is 30.5 Å². The molecule has 3 nitrogen and oxygen atoms in total. The zero-order valence-corrected chi connectivity index (χ0v) is 15.3. The van der Waals surface area contributed by atoms with E-state index in [-0.39, 0.29) is 18.1 Å². The molecule has 25 heavy (non-hydrogen) atoms. The number of benzene rings is 2. The Balaban J connectivity index is 2.02. The van der Waals surface area contributed by atoms with Gasteiger partial charge < -0.3 is 9.64 Å². The molecule has 1 aliphatic rings. The molecule has 3 rings (SSSR count). The van der Waals surface area contributed by atoms with Crippen LogP contribution < -0.4 is 0 Å². The molecule has 2 aromatic carbocycles. The van der Waals surface area contributed by atoms with Gasteiger partial charge in [-0.2, -0.15) is 0 Å². The summed E-state index contributed by atoms with van der Waals surface area (Å²) in [6.45, 7) is 3.52. The second-order valence-electron chi connectivity index (χ2n) is 6.39. The van der Waals surface area contributed by atoms with Crippen molar-refractivity contribution in [2.45, 2.75) is 38.3 Å². The minimum absolute atomic E-state index is 0.121. The SMILES string of the molecule is CCCOC(c1ccc(Cl)cc1)C(c1ccccc1)N1CCCC1=O. The monoisotopic (exact) mass is 357 g/mol. The molecule has 1 aliphatic heterocycles. The fourth-order valence-corrected chi connectivity index (χ4v) is 3.52. The van der Waals surface area contributed by atoms with Gasteiger partial charge in [0.25, 0.3) is 0 Å². The van der Waals surface area contributed by atoms with Gasteiger partial charge in [0.2, 0.25) is 5.91 Å².